The molecule has 0 spiro atoms. The van der Waals surface area contributed by atoms with Crippen LogP contribution in [0.2, 0.25) is 0 Å². The highest BCUT2D eigenvalue weighted by Gasteiger charge is 2.17. The Balaban J connectivity index is 1.77. The number of carbonyl (C=O) groups is 1. The van der Waals surface area contributed by atoms with Gasteiger partial charge in [-0.3, -0.25) is 14.2 Å². The zero-order valence-corrected chi connectivity index (χ0v) is 14.4. The maximum Gasteiger partial charge on any atom is 0.308 e. The molecule has 0 fully saturated rings. The number of furan rings is 1. The minimum absolute atomic E-state index is 0.128. The van der Waals surface area contributed by atoms with Gasteiger partial charge in [0.05, 0.1) is 19.4 Å². The average molecular weight is 342 g/mol. The monoisotopic (exact) mass is 342 g/mol. The smallest absolute Gasteiger partial charge is 0.308 e. The van der Waals surface area contributed by atoms with Crippen LogP contribution in [0.3, 0.4) is 0 Å². The van der Waals surface area contributed by atoms with Gasteiger partial charge in [0, 0.05) is 5.69 Å². The molecule has 6 heteroatoms. The quantitative estimate of drug-likeness (QED) is 0.775. The van der Waals surface area contributed by atoms with Gasteiger partial charge in [0.1, 0.15) is 10.6 Å². The van der Waals surface area contributed by atoms with E-state index >= 15 is 0 Å². The molecule has 0 aliphatic rings. The van der Waals surface area contributed by atoms with Crippen molar-refractivity contribution in [1.29, 1.82) is 0 Å². The summed E-state index contributed by atoms with van der Waals surface area (Å²) in [6.07, 6.45) is 1.56. The minimum atomic E-state index is -0.256. The molecule has 0 bridgehead atoms. The van der Waals surface area contributed by atoms with E-state index in [2.05, 4.69) is 5.32 Å². The summed E-state index contributed by atoms with van der Waals surface area (Å²) in [4.78, 5) is 24.9. The Hall–Kier alpha value is -2.60. The minimum Gasteiger partial charge on any atom is -0.467 e. The maximum atomic E-state index is 12.3. The van der Waals surface area contributed by atoms with Crippen LogP contribution in [-0.2, 0) is 13.1 Å². The van der Waals surface area contributed by atoms with Crippen LogP contribution in [0.5, 0.6) is 0 Å². The third kappa shape index (κ3) is 3.49. The van der Waals surface area contributed by atoms with Crippen molar-refractivity contribution < 1.29 is 9.21 Å². The summed E-state index contributed by atoms with van der Waals surface area (Å²) >= 11 is 0.973. The number of nitrogens with zero attached hydrogens (tertiary/aromatic N) is 1. The van der Waals surface area contributed by atoms with Gasteiger partial charge >= 0.3 is 4.87 Å². The van der Waals surface area contributed by atoms with Crippen LogP contribution in [0, 0.1) is 13.8 Å². The summed E-state index contributed by atoms with van der Waals surface area (Å²) in [7, 11) is 0. The molecule has 124 valence electrons. The van der Waals surface area contributed by atoms with Gasteiger partial charge in [-0.1, -0.05) is 41.2 Å². The average Bonchev–Trinajstić information content (AvgIpc) is 3.18. The second kappa shape index (κ2) is 6.88. The molecule has 0 saturated carbocycles. The fourth-order valence-corrected chi connectivity index (χ4v) is 3.32. The summed E-state index contributed by atoms with van der Waals surface area (Å²) < 4.78 is 6.83. The number of hydrogen-bond donors (Lipinski definition) is 1. The number of thiazole rings is 1. The first-order chi connectivity index (χ1) is 11.5. The number of aryl methyl sites for hydroxylation is 1. The Kier molecular flexibility index (Phi) is 4.66. The summed E-state index contributed by atoms with van der Waals surface area (Å²) in [5, 5.41) is 2.78. The van der Waals surface area contributed by atoms with E-state index < -0.39 is 0 Å². The Morgan fingerprint density at radius 3 is 2.62 bits per heavy atom. The van der Waals surface area contributed by atoms with E-state index in [0.29, 0.717) is 29.4 Å². The predicted molar refractivity (Wildman–Crippen MR) is 93.5 cm³/mol. The van der Waals surface area contributed by atoms with Crippen molar-refractivity contribution in [3.63, 3.8) is 0 Å². The lowest BCUT2D eigenvalue weighted by Gasteiger charge is -2.07. The van der Waals surface area contributed by atoms with E-state index in [0.717, 1.165) is 16.9 Å². The second-order valence-electron chi connectivity index (χ2n) is 5.62. The van der Waals surface area contributed by atoms with Crippen LogP contribution < -0.4 is 10.2 Å². The van der Waals surface area contributed by atoms with Crippen molar-refractivity contribution in [3.8, 4) is 0 Å². The number of rotatable bonds is 5. The number of hydrogen-bond acceptors (Lipinski definition) is 4. The normalized spacial score (nSPS) is 10.8. The van der Waals surface area contributed by atoms with E-state index in [1.807, 2.05) is 31.2 Å². The highest BCUT2D eigenvalue weighted by atomic mass is 32.1. The van der Waals surface area contributed by atoms with Crippen molar-refractivity contribution in [2.24, 2.45) is 0 Å². The number of amides is 1. The molecule has 0 atom stereocenters. The highest BCUT2D eigenvalue weighted by Crippen LogP contribution is 2.14. The lowest BCUT2D eigenvalue weighted by molar-refractivity contribution is 0.0951. The molecule has 0 unspecified atom stereocenters. The first kappa shape index (κ1) is 16.3. The maximum absolute atomic E-state index is 12.3. The standard InChI is InChI=1S/C18H18N2O3S/c1-12-5-7-14(8-6-12)11-20-13(2)16(24-18(20)22)17(21)19-10-15-4-3-9-23-15/h3-9H,10-11H2,1-2H3,(H,19,21). The Morgan fingerprint density at radius 2 is 1.96 bits per heavy atom. The molecule has 0 saturated heterocycles. The van der Waals surface area contributed by atoms with Gasteiger partial charge in [0.2, 0.25) is 0 Å². The molecule has 1 N–H and O–H groups in total. The fourth-order valence-electron chi connectivity index (χ4n) is 2.41. The highest BCUT2D eigenvalue weighted by molar-refractivity contribution is 7.11. The van der Waals surface area contributed by atoms with Crippen molar-refractivity contribution in [1.82, 2.24) is 9.88 Å². The third-order valence-electron chi connectivity index (χ3n) is 3.81. The molecule has 1 amide bonds. The van der Waals surface area contributed by atoms with Crippen LogP contribution in [0.4, 0.5) is 0 Å². The number of nitrogens with one attached hydrogen (secondary N) is 1. The van der Waals surface area contributed by atoms with Crippen LogP contribution in [0.25, 0.3) is 0 Å². The van der Waals surface area contributed by atoms with Gasteiger partial charge in [0.15, 0.2) is 0 Å². The van der Waals surface area contributed by atoms with Crippen LogP contribution >= 0.6 is 11.3 Å². The Bertz CT molecular complexity index is 889. The van der Waals surface area contributed by atoms with Gasteiger partial charge in [-0.25, -0.2) is 0 Å². The molecule has 2 heterocycles. The first-order valence-corrected chi connectivity index (χ1v) is 8.42. The molecule has 2 aromatic heterocycles. The van der Waals surface area contributed by atoms with E-state index in [-0.39, 0.29) is 10.8 Å². The van der Waals surface area contributed by atoms with Gasteiger partial charge in [-0.2, -0.15) is 0 Å². The molecule has 0 radical (unpaired) electrons. The lowest BCUT2D eigenvalue weighted by atomic mass is 10.1. The topological polar surface area (TPSA) is 64.2 Å². The molecule has 1 aromatic carbocycles. The SMILES string of the molecule is Cc1ccc(Cn2c(C)c(C(=O)NCc3ccco3)sc2=O)cc1. The summed E-state index contributed by atoms with van der Waals surface area (Å²) in [5.41, 5.74) is 2.89. The van der Waals surface area contributed by atoms with E-state index in [9.17, 15) is 9.59 Å². The van der Waals surface area contributed by atoms with E-state index in [4.69, 9.17) is 4.42 Å². The van der Waals surface area contributed by atoms with Gasteiger partial charge in [-0.05, 0) is 31.5 Å². The van der Waals surface area contributed by atoms with E-state index in [1.165, 1.54) is 5.56 Å². The van der Waals surface area contributed by atoms with Gasteiger partial charge in [0.25, 0.3) is 5.91 Å². The number of benzene rings is 1. The molecule has 0 aliphatic heterocycles. The molecule has 5 nitrogen and oxygen atoms in total. The lowest BCUT2D eigenvalue weighted by Crippen LogP contribution is -2.22. The molecule has 3 aromatic rings. The van der Waals surface area contributed by atoms with Gasteiger partial charge < -0.3 is 9.73 Å². The largest absolute Gasteiger partial charge is 0.467 e. The van der Waals surface area contributed by atoms with Crippen molar-refractivity contribution in [2.75, 3.05) is 0 Å². The fraction of sp³-hybridized carbons (Fsp3) is 0.222. The molecule has 24 heavy (non-hydrogen) atoms. The molecular weight excluding hydrogens is 324 g/mol. The Labute approximate surface area is 143 Å². The molecule has 3 rings (SSSR count). The second-order valence-corrected chi connectivity index (χ2v) is 6.58. The Morgan fingerprint density at radius 1 is 1.21 bits per heavy atom. The van der Waals surface area contributed by atoms with Crippen molar-refractivity contribution >= 4 is 17.2 Å². The summed E-state index contributed by atoms with van der Waals surface area (Å²) in [5.74, 6) is 0.418. The van der Waals surface area contributed by atoms with Crippen LogP contribution in [0.1, 0.15) is 32.3 Å². The zero-order valence-electron chi connectivity index (χ0n) is 13.5. The van der Waals surface area contributed by atoms with Gasteiger partial charge in [-0.15, -0.1) is 0 Å². The third-order valence-corrected chi connectivity index (χ3v) is 4.89. The van der Waals surface area contributed by atoms with E-state index in [1.54, 1.807) is 29.9 Å². The van der Waals surface area contributed by atoms with Crippen molar-refractivity contribution in [3.05, 3.63) is 79.8 Å². The summed E-state index contributed by atoms with van der Waals surface area (Å²) in [6.45, 7) is 4.59. The molecule has 0 aliphatic carbocycles. The first-order valence-electron chi connectivity index (χ1n) is 7.61. The number of carbonyl (C=O) groups excluding carboxylic acids is 1. The van der Waals surface area contributed by atoms with Crippen LogP contribution in [-0.4, -0.2) is 10.5 Å². The van der Waals surface area contributed by atoms with Crippen LogP contribution in [0.15, 0.2) is 51.9 Å². The molecular formula is C18H18N2O3S. The summed E-state index contributed by atoms with van der Waals surface area (Å²) in [6, 6.07) is 11.6. The van der Waals surface area contributed by atoms with Crippen molar-refractivity contribution in [2.45, 2.75) is 26.9 Å². The predicted octanol–water partition coefficient (Wildman–Crippen LogP) is 3.10. The zero-order chi connectivity index (χ0) is 17.1. The number of aromatic nitrogens is 1.